The van der Waals surface area contributed by atoms with Gasteiger partial charge in [0.15, 0.2) is 0 Å². The maximum Gasteiger partial charge on any atom is 0.0634 e. The average Bonchev–Trinajstić information content (AvgIpc) is 2.22. The van der Waals surface area contributed by atoms with E-state index >= 15 is 0 Å². The smallest absolute Gasteiger partial charge is 0.0634 e. The molecule has 2 nitrogen and oxygen atoms in total. The van der Waals surface area contributed by atoms with Crippen LogP contribution in [0.5, 0.6) is 0 Å². The van der Waals surface area contributed by atoms with E-state index in [0.29, 0.717) is 11.5 Å². The molecule has 1 saturated heterocycles. The van der Waals surface area contributed by atoms with Gasteiger partial charge in [0.25, 0.3) is 0 Å². The number of nitrogens with zero attached hydrogens (tertiary/aromatic N) is 1. The lowest BCUT2D eigenvalue weighted by Gasteiger charge is -2.33. The standard InChI is InChI=1S/C12H25NO/c1-11(2,3)14-9-10-12(4,5)7-8-13(10)6/h10H,7-9H2,1-6H3/t10-/m1/s1. The Labute approximate surface area is 88.6 Å². The molecular weight excluding hydrogens is 174 g/mol. The van der Waals surface area contributed by atoms with Crippen molar-refractivity contribution in [1.29, 1.82) is 0 Å². The fraction of sp³-hybridized carbons (Fsp3) is 1.00. The lowest BCUT2D eigenvalue weighted by Crippen LogP contribution is -2.40. The van der Waals surface area contributed by atoms with Crippen molar-refractivity contribution >= 4 is 0 Å². The summed E-state index contributed by atoms with van der Waals surface area (Å²) in [5.41, 5.74) is 0.388. The topological polar surface area (TPSA) is 12.5 Å². The molecule has 1 fully saturated rings. The van der Waals surface area contributed by atoms with Crippen LogP contribution in [0, 0.1) is 5.41 Å². The molecule has 0 unspecified atom stereocenters. The number of likely N-dealkylation sites (N-methyl/N-ethyl adjacent to an activating group) is 1. The van der Waals surface area contributed by atoms with E-state index < -0.39 is 0 Å². The third-order valence-electron chi connectivity index (χ3n) is 3.22. The van der Waals surface area contributed by atoms with Crippen molar-refractivity contribution in [2.75, 3.05) is 20.2 Å². The van der Waals surface area contributed by atoms with Crippen molar-refractivity contribution in [2.45, 2.75) is 52.7 Å². The van der Waals surface area contributed by atoms with Crippen LogP contribution in [0.1, 0.15) is 41.0 Å². The largest absolute Gasteiger partial charge is 0.374 e. The van der Waals surface area contributed by atoms with E-state index in [-0.39, 0.29) is 5.60 Å². The first kappa shape index (κ1) is 12.0. The lowest BCUT2D eigenvalue weighted by molar-refractivity contribution is -0.0401. The van der Waals surface area contributed by atoms with Crippen molar-refractivity contribution < 1.29 is 4.74 Å². The quantitative estimate of drug-likeness (QED) is 0.677. The summed E-state index contributed by atoms with van der Waals surface area (Å²) in [6.45, 7) is 13.1. The molecule has 0 saturated carbocycles. The molecule has 1 heterocycles. The molecule has 0 spiro atoms. The Kier molecular flexibility index (Phi) is 3.27. The normalized spacial score (nSPS) is 28.3. The zero-order chi connectivity index (χ0) is 11.0. The van der Waals surface area contributed by atoms with E-state index in [4.69, 9.17) is 4.74 Å². The highest BCUT2D eigenvalue weighted by Gasteiger charge is 2.38. The van der Waals surface area contributed by atoms with Crippen molar-refractivity contribution in [3.05, 3.63) is 0 Å². The molecule has 0 aromatic rings. The van der Waals surface area contributed by atoms with E-state index in [9.17, 15) is 0 Å². The molecule has 84 valence electrons. The molecule has 0 N–H and O–H groups in total. The fourth-order valence-corrected chi connectivity index (χ4v) is 2.07. The first-order valence-electron chi connectivity index (χ1n) is 5.56. The van der Waals surface area contributed by atoms with Gasteiger partial charge < -0.3 is 9.64 Å². The number of hydrogen-bond donors (Lipinski definition) is 0. The van der Waals surface area contributed by atoms with Crippen molar-refractivity contribution in [1.82, 2.24) is 4.90 Å². The van der Waals surface area contributed by atoms with Crippen LogP contribution < -0.4 is 0 Å². The van der Waals surface area contributed by atoms with Crippen LogP contribution in [-0.4, -0.2) is 36.7 Å². The molecule has 2 heteroatoms. The average molecular weight is 199 g/mol. The van der Waals surface area contributed by atoms with Crippen LogP contribution in [0.4, 0.5) is 0 Å². The van der Waals surface area contributed by atoms with Crippen molar-refractivity contribution in [3.63, 3.8) is 0 Å². The van der Waals surface area contributed by atoms with Crippen LogP contribution in [0.3, 0.4) is 0 Å². The monoisotopic (exact) mass is 199 g/mol. The molecule has 0 aliphatic carbocycles. The summed E-state index contributed by atoms with van der Waals surface area (Å²) in [6.07, 6.45) is 1.28. The van der Waals surface area contributed by atoms with E-state index in [1.54, 1.807) is 0 Å². The van der Waals surface area contributed by atoms with Crippen LogP contribution in [-0.2, 0) is 4.74 Å². The zero-order valence-electron chi connectivity index (χ0n) is 10.6. The minimum atomic E-state index is -0.0144. The first-order chi connectivity index (χ1) is 6.22. The molecule has 1 aliphatic heterocycles. The fourth-order valence-electron chi connectivity index (χ4n) is 2.07. The Morgan fingerprint density at radius 1 is 1.36 bits per heavy atom. The summed E-state index contributed by atoms with van der Waals surface area (Å²) in [6, 6.07) is 0.571. The predicted octanol–water partition coefficient (Wildman–Crippen LogP) is 2.53. The van der Waals surface area contributed by atoms with Gasteiger partial charge in [0, 0.05) is 6.04 Å². The number of ether oxygens (including phenoxy) is 1. The molecule has 0 aromatic carbocycles. The number of rotatable bonds is 2. The summed E-state index contributed by atoms with van der Waals surface area (Å²) in [7, 11) is 2.20. The van der Waals surface area contributed by atoms with Gasteiger partial charge in [-0.2, -0.15) is 0 Å². The van der Waals surface area contributed by atoms with Gasteiger partial charge in [-0.3, -0.25) is 0 Å². The highest BCUT2D eigenvalue weighted by atomic mass is 16.5. The van der Waals surface area contributed by atoms with Gasteiger partial charge >= 0.3 is 0 Å². The van der Waals surface area contributed by atoms with Crippen LogP contribution in [0.15, 0.2) is 0 Å². The maximum absolute atomic E-state index is 5.88. The van der Waals surface area contributed by atoms with E-state index in [2.05, 4.69) is 46.6 Å². The van der Waals surface area contributed by atoms with E-state index in [0.717, 1.165) is 6.61 Å². The van der Waals surface area contributed by atoms with Gasteiger partial charge in [-0.1, -0.05) is 13.8 Å². The van der Waals surface area contributed by atoms with Crippen molar-refractivity contribution in [3.8, 4) is 0 Å². The van der Waals surface area contributed by atoms with E-state index in [1.165, 1.54) is 13.0 Å². The third-order valence-corrected chi connectivity index (χ3v) is 3.22. The Hall–Kier alpha value is -0.0800. The third kappa shape index (κ3) is 2.96. The SMILES string of the molecule is CN1CCC(C)(C)[C@H]1COC(C)(C)C. The molecule has 14 heavy (non-hydrogen) atoms. The second-order valence-electron chi connectivity index (χ2n) is 6.16. The molecule has 0 bridgehead atoms. The van der Waals surface area contributed by atoms with Gasteiger partial charge in [-0.25, -0.2) is 0 Å². The van der Waals surface area contributed by atoms with Gasteiger partial charge in [0.1, 0.15) is 0 Å². The minimum Gasteiger partial charge on any atom is -0.374 e. The molecule has 0 aromatic heterocycles. The highest BCUT2D eigenvalue weighted by Crippen LogP contribution is 2.35. The van der Waals surface area contributed by atoms with Gasteiger partial charge in [-0.15, -0.1) is 0 Å². The summed E-state index contributed by atoms with van der Waals surface area (Å²) in [5.74, 6) is 0. The summed E-state index contributed by atoms with van der Waals surface area (Å²) < 4.78 is 5.88. The second-order valence-corrected chi connectivity index (χ2v) is 6.16. The summed E-state index contributed by atoms with van der Waals surface area (Å²) in [4.78, 5) is 2.42. The van der Waals surface area contributed by atoms with Gasteiger partial charge in [-0.05, 0) is 46.2 Å². The van der Waals surface area contributed by atoms with Gasteiger partial charge in [0.05, 0.1) is 12.2 Å². The lowest BCUT2D eigenvalue weighted by atomic mass is 9.85. The summed E-state index contributed by atoms with van der Waals surface area (Å²) in [5, 5.41) is 0. The molecular formula is C12H25NO. The Bertz CT molecular complexity index is 193. The zero-order valence-corrected chi connectivity index (χ0v) is 10.6. The Balaban J connectivity index is 2.50. The van der Waals surface area contributed by atoms with Gasteiger partial charge in [0.2, 0.25) is 0 Å². The highest BCUT2D eigenvalue weighted by molar-refractivity contribution is 4.92. The Morgan fingerprint density at radius 3 is 2.29 bits per heavy atom. The number of likely N-dealkylation sites (tertiary alicyclic amines) is 1. The number of hydrogen-bond acceptors (Lipinski definition) is 2. The minimum absolute atomic E-state index is 0.0144. The maximum atomic E-state index is 5.88. The van der Waals surface area contributed by atoms with Crippen LogP contribution in [0.25, 0.3) is 0 Å². The molecule has 1 rings (SSSR count). The first-order valence-corrected chi connectivity index (χ1v) is 5.56. The van der Waals surface area contributed by atoms with Crippen LogP contribution in [0.2, 0.25) is 0 Å². The Morgan fingerprint density at radius 2 is 1.93 bits per heavy atom. The van der Waals surface area contributed by atoms with Crippen molar-refractivity contribution in [2.24, 2.45) is 5.41 Å². The second kappa shape index (κ2) is 3.82. The molecule has 1 atom stereocenters. The molecule has 0 radical (unpaired) electrons. The molecule has 1 aliphatic rings. The van der Waals surface area contributed by atoms with E-state index in [1.807, 2.05) is 0 Å². The van der Waals surface area contributed by atoms with Crippen LogP contribution >= 0.6 is 0 Å². The summed E-state index contributed by atoms with van der Waals surface area (Å²) >= 11 is 0. The predicted molar refractivity (Wildman–Crippen MR) is 60.5 cm³/mol. The molecule has 0 amide bonds.